The zero-order valence-electron chi connectivity index (χ0n) is 10.8. The lowest BCUT2D eigenvalue weighted by Gasteiger charge is -2.17. The Morgan fingerprint density at radius 1 is 1.58 bits per heavy atom. The van der Waals surface area contributed by atoms with Crippen LogP contribution in [0.3, 0.4) is 0 Å². The first-order chi connectivity index (χ1) is 8.99. The van der Waals surface area contributed by atoms with Crippen molar-refractivity contribution in [3.63, 3.8) is 0 Å². The molecule has 5 nitrogen and oxygen atoms in total. The van der Waals surface area contributed by atoms with Gasteiger partial charge in [-0.2, -0.15) is 0 Å². The van der Waals surface area contributed by atoms with E-state index in [-0.39, 0.29) is 5.69 Å². The van der Waals surface area contributed by atoms with E-state index in [9.17, 15) is 9.18 Å². The van der Waals surface area contributed by atoms with Crippen LogP contribution in [0, 0.1) is 5.82 Å². The summed E-state index contributed by atoms with van der Waals surface area (Å²) in [6.07, 6.45) is 2.47. The number of nitrogens with one attached hydrogen (secondary N) is 1. The molecule has 1 aromatic rings. The van der Waals surface area contributed by atoms with Crippen LogP contribution < -0.4 is 11.1 Å². The smallest absolute Gasteiger partial charge is 0.338 e. The first-order valence-electron chi connectivity index (χ1n) is 6.25. The van der Waals surface area contributed by atoms with Crippen LogP contribution in [0.25, 0.3) is 0 Å². The van der Waals surface area contributed by atoms with Gasteiger partial charge in [0.2, 0.25) is 0 Å². The number of carbonyl (C=O) groups is 1. The molecule has 2 rings (SSSR count). The number of nitrogens with two attached hydrogens (primary N) is 1. The number of nitrogens with zero attached hydrogens (tertiary/aromatic N) is 1. The Labute approximate surface area is 111 Å². The Balaban J connectivity index is 1.96. The lowest BCUT2D eigenvalue weighted by Crippen LogP contribution is -2.27. The highest BCUT2D eigenvalue weighted by atomic mass is 19.1. The van der Waals surface area contributed by atoms with Gasteiger partial charge in [-0.1, -0.05) is 0 Å². The standard InChI is InChI=1S/C13H18FN3O2/c1-17(8-2-3-8)5-4-16-12-7-10(14)9(13(18)19)6-11(12)15/h6-8,16H,2-5,15H2,1H3,(H,18,19). The zero-order valence-corrected chi connectivity index (χ0v) is 10.8. The van der Waals surface area contributed by atoms with Gasteiger partial charge < -0.3 is 21.1 Å². The van der Waals surface area contributed by atoms with E-state index in [1.165, 1.54) is 12.8 Å². The largest absolute Gasteiger partial charge is 0.478 e. The molecule has 0 aromatic heterocycles. The lowest BCUT2D eigenvalue weighted by molar-refractivity contribution is 0.0692. The van der Waals surface area contributed by atoms with E-state index < -0.39 is 17.3 Å². The minimum absolute atomic E-state index is 0.243. The summed E-state index contributed by atoms with van der Waals surface area (Å²) in [5.74, 6) is -2.09. The summed E-state index contributed by atoms with van der Waals surface area (Å²) in [7, 11) is 2.05. The van der Waals surface area contributed by atoms with E-state index in [0.29, 0.717) is 18.3 Å². The molecule has 0 amide bonds. The number of rotatable bonds is 6. The highest BCUT2D eigenvalue weighted by Gasteiger charge is 2.25. The number of carboxylic acids is 1. The van der Waals surface area contributed by atoms with E-state index >= 15 is 0 Å². The molecule has 19 heavy (non-hydrogen) atoms. The highest BCUT2D eigenvalue weighted by Crippen LogP contribution is 2.25. The molecular weight excluding hydrogens is 249 g/mol. The fraction of sp³-hybridized carbons (Fsp3) is 0.462. The third-order valence-electron chi connectivity index (χ3n) is 3.32. The maximum atomic E-state index is 13.5. The number of aromatic carboxylic acids is 1. The van der Waals surface area contributed by atoms with Gasteiger partial charge in [0, 0.05) is 19.1 Å². The van der Waals surface area contributed by atoms with Crippen LogP contribution in [-0.4, -0.2) is 42.2 Å². The Morgan fingerprint density at radius 2 is 2.26 bits per heavy atom. The van der Waals surface area contributed by atoms with E-state index in [0.717, 1.165) is 18.7 Å². The summed E-state index contributed by atoms with van der Waals surface area (Å²) in [6.45, 7) is 1.48. The SMILES string of the molecule is CN(CCNc1cc(F)c(C(=O)O)cc1N)C1CC1. The average molecular weight is 267 g/mol. The van der Waals surface area contributed by atoms with Gasteiger partial charge in [-0.15, -0.1) is 0 Å². The molecule has 4 N–H and O–H groups in total. The zero-order chi connectivity index (χ0) is 14.0. The quantitative estimate of drug-likeness (QED) is 0.682. The summed E-state index contributed by atoms with van der Waals surface area (Å²) in [4.78, 5) is 13.0. The number of likely N-dealkylation sites (N-methyl/N-ethyl adjacent to an activating group) is 1. The average Bonchev–Trinajstić information content (AvgIpc) is 3.16. The maximum absolute atomic E-state index is 13.5. The normalized spacial score (nSPS) is 14.7. The second-order valence-electron chi connectivity index (χ2n) is 4.86. The summed E-state index contributed by atoms with van der Waals surface area (Å²) in [5, 5.41) is 11.8. The van der Waals surface area contributed by atoms with Crippen molar-refractivity contribution in [1.82, 2.24) is 4.90 Å². The fourth-order valence-electron chi connectivity index (χ4n) is 1.97. The van der Waals surface area contributed by atoms with Crippen LogP contribution in [0.15, 0.2) is 12.1 Å². The van der Waals surface area contributed by atoms with Gasteiger partial charge in [0.1, 0.15) is 5.82 Å². The van der Waals surface area contributed by atoms with Crippen LogP contribution in [-0.2, 0) is 0 Å². The molecular formula is C13H18FN3O2. The molecule has 0 bridgehead atoms. The molecule has 104 valence electrons. The molecule has 0 heterocycles. The van der Waals surface area contributed by atoms with Gasteiger partial charge in [0.25, 0.3) is 0 Å². The van der Waals surface area contributed by atoms with Gasteiger partial charge in [-0.25, -0.2) is 9.18 Å². The molecule has 0 atom stereocenters. The predicted molar refractivity (Wildman–Crippen MR) is 71.9 cm³/mol. The maximum Gasteiger partial charge on any atom is 0.338 e. The molecule has 1 aromatic carbocycles. The van der Waals surface area contributed by atoms with Crippen LogP contribution in [0.5, 0.6) is 0 Å². The van der Waals surface area contributed by atoms with Crippen molar-refractivity contribution in [3.8, 4) is 0 Å². The molecule has 1 saturated carbocycles. The van der Waals surface area contributed by atoms with Crippen LogP contribution in [0.1, 0.15) is 23.2 Å². The number of hydrogen-bond donors (Lipinski definition) is 3. The van der Waals surface area contributed by atoms with Crippen molar-refractivity contribution in [1.29, 1.82) is 0 Å². The van der Waals surface area contributed by atoms with Crippen molar-refractivity contribution >= 4 is 17.3 Å². The number of anilines is 2. The third-order valence-corrected chi connectivity index (χ3v) is 3.32. The molecule has 0 saturated heterocycles. The van der Waals surface area contributed by atoms with Gasteiger partial charge >= 0.3 is 5.97 Å². The van der Waals surface area contributed by atoms with E-state index in [4.69, 9.17) is 10.8 Å². The van der Waals surface area contributed by atoms with Crippen LogP contribution in [0.2, 0.25) is 0 Å². The van der Waals surface area contributed by atoms with Crippen molar-refractivity contribution in [3.05, 3.63) is 23.5 Å². The Kier molecular flexibility index (Phi) is 3.90. The number of benzene rings is 1. The molecule has 6 heteroatoms. The van der Waals surface area contributed by atoms with Gasteiger partial charge in [-0.05, 0) is 32.0 Å². The fourth-order valence-corrected chi connectivity index (χ4v) is 1.97. The van der Waals surface area contributed by atoms with Crippen LogP contribution >= 0.6 is 0 Å². The molecule has 1 fully saturated rings. The Morgan fingerprint density at radius 3 is 2.84 bits per heavy atom. The summed E-state index contributed by atoms with van der Waals surface area (Å²) in [5.41, 5.74) is 5.99. The Bertz CT molecular complexity index is 489. The molecule has 0 aliphatic heterocycles. The van der Waals surface area contributed by atoms with Gasteiger partial charge in [-0.3, -0.25) is 0 Å². The molecule has 0 spiro atoms. The van der Waals surface area contributed by atoms with Crippen molar-refractivity contribution in [2.24, 2.45) is 0 Å². The van der Waals surface area contributed by atoms with Gasteiger partial charge in [0.05, 0.1) is 16.9 Å². The Hall–Kier alpha value is -1.82. The molecule has 0 unspecified atom stereocenters. The third kappa shape index (κ3) is 3.35. The van der Waals surface area contributed by atoms with Crippen molar-refractivity contribution in [2.45, 2.75) is 18.9 Å². The van der Waals surface area contributed by atoms with Crippen molar-refractivity contribution < 1.29 is 14.3 Å². The van der Waals surface area contributed by atoms with Crippen LogP contribution in [0.4, 0.5) is 15.8 Å². The molecule has 0 radical (unpaired) electrons. The van der Waals surface area contributed by atoms with Gasteiger partial charge in [0.15, 0.2) is 0 Å². The summed E-state index contributed by atoms with van der Waals surface area (Å²) >= 11 is 0. The van der Waals surface area contributed by atoms with E-state index in [1.54, 1.807) is 0 Å². The van der Waals surface area contributed by atoms with Crippen molar-refractivity contribution in [2.75, 3.05) is 31.2 Å². The van der Waals surface area contributed by atoms with E-state index in [1.807, 2.05) is 0 Å². The first-order valence-corrected chi connectivity index (χ1v) is 6.25. The molecule has 1 aliphatic carbocycles. The number of nitrogen functional groups attached to an aromatic ring is 1. The second kappa shape index (κ2) is 5.44. The summed E-state index contributed by atoms with van der Waals surface area (Å²) < 4.78 is 13.5. The lowest BCUT2D eigenvalue weighted by atomic mass is 10.1. The van der Waals surface area contributed by atoms with E-state index in [2.05, 4.69) is 17.3 Å². The second-order valence-corrected chi connectivity index (χ2v) is 4.86. The minimum Gasteiger partial charge on any atom is -0.478 e. The number of carboxylic acid groups (broad SMARTS) is 1. The monoisotopic (exact) mass is 267 g/mol. The first kappa shape index (κ1) is 13.6. The topological polar surface area (TPSA) is 78.6 Å². The minimum atomic E-state index is -1.32. The number of hydrogen-bond acceptors (Lipinski definition) is 4. The highest BCUT2D eigenvalue weighted by molar-refractivity contribution is 5.90. The predicted octanol–water partition coefficient (Wildman–Crippen LogP) is 1.61. The molecule has 1 aliphatic rings. The number of halogens is 1. The summed E-state index contributed by atoms with van der Waals surface area (Å²) in [6, 6.07) is 2.95.